The van der Waals surface area contributed by atoms with Crippen LogP contribution in [0.3, 0.4) is 0 Å². The Hall–Kier alpha value is -2.60. The molecule has 2 heterocycles. The SMILES string of the molecule is CCOc1cc2c(cc1OC)C(c1ccc(N(C)C)nc1)=N[C@@H]1CC[C@@H](O)C[C@H]21. The number of methoxy groups -OCH3 is 1. The zero-order chi connectivity index (χ0) is 20.5. The van der Waals surface area contributed by atoms with Crippen molar-refractivity contribution in [2.24, 2.45) is 4.99 Å². The number of aliphatic hydroxyl groups excluding tert-OH is 1. The standard InChI is InChI=1S/C23H29N3O3/c1-5-29-21-11-16-17-10-15(27)7-8-19(17)25-23(18(16)12-20(21)28-4)14-6-9-22(24-13-14)26(2)3/h6,9,11-13,15,17,19,27H,5,7-8,10H2,1-4H3/t15-,17-,19-/m1/s1. The molecule has 0 spiro atoms. The molecule has 3 atom stereocenters. The van der Waals surface area contributed by atoms with Crippen molar-refractivity contribution < 1.29 is 14.6 Å². The van der Waals surface area contributed by atoms with Crippen molar-refractivity contribution in [3.8, 4) is 11.5 Å². The molecule has 1 N–H and O–H groups in total. The van der Waals surface area contributed by atoms with E-state index < -0.39 is 0 Å². The van der Waals surface area contributed by atoms with E-state index in [1.807, 2.05) is 44.2 Å². The Morgan fingerprint density at radius 2 is 2.00 bits per heavy atom. The summed E-state index contributed by atoms with van der Waals surface area (Å²) in [6, 6.07) is 8.36. The van der Waals surface area contributed by atoms with Gasteiger partial charge in [-0.15, -0.1) is 0 Å². The van der Waals surface area contributed by atoms with E-state index in [1.165, 1.54) is 5.56 Å². The number of rotatable bonds is 5. The van der Waals surface area contributed by atoms with Crippen LogP contribution in [0.25, 0.3) is 0 Å². The lowest BCUT2D eigenvalue weighted by Gasteiger charge is -2.37. The van der Waals surface area contributed by atoms with Gasteiger partial charge in [-0.25, -0.2) is 4.98 Å². The molecule has 1 saturated carbocycles. The van der Waals surface area contributed by atoms with Gasteiger partial charge in [-0.3, -0.25) is 4.99 Å². The van der Waals surface area contributed by atoms with Crippen molar-refractivity contribution in [3.63, 3.8) is 0 Å². The number of hydrogen-bond acceptors (Lipinski definition) is 6. The number of nitrogens with zero attached hydrogens (tertiary/aromatic N) is 3. The van der Waals surface area contributed by atoms with Crippen molar-refractivity contribution in [1.29, 1.82) is 0 Å². The summed E-state index contributed by atoms with van der Waals surface area (Å²) in [4.78, 5) is 11.7. The molecule has 1 aromatic carbocycles. The topological polar surface area (TPSA) is 67.2 Å². The summed E-state index contributed by atoms with van der Waals surface area (Å²) in [5.41, 5.74) is 4.16. The molecule has 1 aliphatic heterocycles. The summed E-state index contributed by atoms with van der Waals surface area (Å²) in [5.74, 6) is 2.55. The Bertz CT molecular complexity index is 908. The van der Waals surface area contributed by atoms with Crippen molar-refractivity contribution in [1.82, 2.24) is 4.98 Å². The van der Waals surface area contributed by atoms with Gasteiger partial charge in [0.2, 0.25) is 0 Å². The van der Waals surface area contributed by atoms with Crippen LogP contribution in [0.1, 0.15) is 48.8 Å². The predicted octanol–water partition coefficient (Wildman–Crippen LogP) is 3.40. The largest absolute Gasteiger partial charge is 0.493 e. The van der Waals surface area contributed by atoms with Crippen LogP contribution in [0.15, 0.2) is 35.5 Å². The molecule has 1 fully saturated rings. The molecule has 0 bridgehead atoms. The molecule has 6 heteroatoms. The number of hydrogen-bond donors (Lipinski definition) is 1. The van der Waals surface area contributed by atoms with Crippen LogP contribution in [-0.4, -0.2) is 55.8 Å². The summed E-state index contributed by atoms with van der Waals surface area (Å²) in [6.45, 7) is 2.54. The van der Waals surface area contributed by atoms with Gasteiger partial charge in [0.1, 0.15) is 5.82 Å². The molecule has 1 aromatic heterocycles. The van der Waals surface area contributed by atoms with Gasteiger partial charge in [0.25, 0.3) is 0 Å². The van der Waals surface area contributed by atoms with Gasteiger partial charge in [-0.2, -0.15) is 0 Å². The lowest BCUT2D eigenvalue weighted by atomic mass is 9.74. The number of benzene rings is 1. The highest BCUT2D eigenvalue weighted by atomic mass is 16.5. The maximum absolute atomic E-state index is 10.3. The van der Waals surface area contributed by atoms with E-state index in [9.17, 15) is 5.11 Å². The van der Waals surface area contributed by atoms with Gasteiger partial charge in [-0.1, -0.05) is 0 Å². The number of aromatic nitrogens is 1. The monoisotopic (exact) mass is 395 g/mol. The average molecular weight is 396 g/mol. The molecule has 0 amide bonds. The molecule has 0 saturated heterocycles. The van der Waals surface area contributed by atoms with E-state index >= 15 is 0 Å². The average Bonchev–Trinajstić information content (AvgIpc) is 2.73. The van der Waals surface area contributed by atoms with Gasteiger partial charge in [0.05, 0.1) is 31.6 Å². The smallest absolute Gasteiger partial charge is 0.161 e. The van der Waals surface area contributed by atoms with E-state index in [-0.39, 0.29) is 18.1 Å². The summed E-state index contributed by atoms with van der Waals surface area (Å²) >= 11 is 0. The Morgan fingerprint density at radius 3 is 2.66 bits per heavy atom. The van der Waals surface area contributed by atoms with Crippen LogP contribution in [0.4, 0.5) is 5.82 Å². The first-order chi connectivity index (χ1) is 14.0. The van der Waals surface area contributed by atoms with Crippen LogP contribution in [-0.2, 0) is 0 Å². The number of ether oxygens (including phenoxy) is 2. The highest BCUT2D eigenvalue weighted by Crippen LogP contribution is 2.44. The van der Waals surface area contributed by atoms with E-state index in [1.54, 1.807) is 7.11 Å². The molecule has 2 aromatic rings. The summed E-state index contributed by atoms with van der Waals surface area (Å²) in [6.07, 6.45) is 4.01. The second-order valence-electron chi connectivity index (χ2n) is 7.94. The second kappa shape index (κ2) is 8.03. The third-order valence-corrected chi connectivity index (χ3v) is 5.85. The van der Waals surface area contributed by atoms with E-state index in [2.05, 4.69) is 17.1 Å². The molecular weight excluding hydrogens is 366 g/mol. The Morgan fingerprint density at radius 1 is 1.17 bits per heavy atom. The molecule has 1 aliphatic carbocycles. The number of fused-ring (bicyclic) bond motifs is 3. The molecule has 2 aliphatic rings. The zero-order valence-electron chi connectivity index (χ0n) is 17.6. The Balaban J connectivity index is 1.84. The fraction of sp³-hybridized carbons (Fsp3) is 0.478. The predicted molar refractivity (Wildman–Crippen MR) is 115 cm³/mol. The summed E-state index contributed by atoms with van der Waals surface area (Å²) in [5, 5.41) is 10.3. The van der Waals surface area contributed by atoms with Crippen molar-refractivity contribution in [2.45, 2.75) is 44.2 Å². The lowest BCUT2D eigenvalue weighted by molar-refractivity contribution is 0.111. The summed E-state index contributed by atoms with van der Waals surface area (Å²) in [7, 11) is 5.62. The normalized spacial score (nSPS) is 22.9. The fourth-order valence-electron chi connectivity index (χ4n) is 4.39. The van der Waals surface area contributed by atoms with Gasteiger partial charge in [0, 0.05) is 37.3 Å². The molecular formula is C23H29N3O3. The van der Waals surface area contributed by atoms with Crippen molar-refractivity contribution in [2.75, 3.05) is 32.7 Å². The maximum atomic E-state index is 10.3. The first-order valence-electron chi connectivity index (χ1n) is 10.3. The van der Waals surface area contributed by atoms with Crippen molar-refractivity contribution in [3.05, 3.63) is 47.2 Å². The molecule has 0 unspecified atom stereocenters. The molecule has 0 radical (unpaired) electrons. The van der Waals surface area contributed by atoms with E-state index in [0.717, 1.165) is 47.7 Å². The Labute approximate surface area is 172 Å². The minimum absolute atomic E-state index is 0.164. The molecule has 154 valence electrons. The van der Waals surface area contributed by atoms with E-state index in [4.69, 9.17) is 14.5 Å². The van der Waals surface area contributed by atoms with Crippen LogP contribution >= 0.6 is 0 Å². The van der Waals surface area contributed by atoms with Crippen LogP contribution in [0.5, 0.6) is 11.5 Å². The third kappa shape index (κ3) is 3.69. The maximum Gasteiger partial charge on any atom is 0.161 e. The minimum atomic E-state index is -0.278. The van der Waals surface area contributed by atoms with E-state index in [0.29, 0.717) is 12.4 Å². The first-order valence-corrected chi connectivity index (χ1v) is 10.3. The molecule has 4 rings (SSSR count). The number of aliphatic imine (C=N–C) groups is 1. The number of pyridine rings is 1. The zero-order valence-corrected chi connectivity index (χ0v) is 17.6. The third-order valence-electron chi connectivity index (χ3n) is 5.85. The van der Waals surface area contributed by atoms with Gasteiger partial charge >= 0.3 is 0 Å². The number of aliphatic hydroxyl groups is 1. The van der Waals surface area contributed by atoms with Crippen LogP contribution in [0, 0.1) is 0 Å². The highest BCUT2D eigenvalue weighted by Gasteiger charge is 2.37. The molecule has 29 heavy (non-hydrogen) atoms. The molecule has 6 nitrogen and oxygen atoms in total. The quantitative estimate of drug-likeness (QED) is 0.840. The first kappa shape index (κ1) is 19.7. The highest BCUT2D eigenvalue weighted by molar-refractivity contribution is 6.15. The Kier molecular flexibility index (Phi) is 5.46. The lowest BCUT2D eigenvalue weighted by Crippen LogP contribution is -2.34. The van der Waals surface area contributed by atoms with Crippen LogP contribution < -0.4 is 14.4 Å². The van der Waals surface area contributed by atoms with Gasteiger partial charge < -0.3 is 19.5 Å². The minimum Gasteiger partial charge on any atom is -0.493 e. The van der Waals surface area contributed by atoms with Gasteiger partial charge in [-0.05, 0) is 56.0 Å². The number of anilines is 1. The van der Waals surface area contributed by atoms with Crippen molar-refractivity contribution >= 4 is 11.5 Å². The fourth-order valence-corrected chi connectivity index (χ4v) is 4.39. The van der Waals surface area contributed by atoms with Crippen LogP contribution in [0.2, 0.25) is 0 Å². The second-order valence-corrected chi connectivity index (χ2v) is 7.94. The van der Waals surface area contributed by atoms with Gasteiger partial charge in [0.15, 0.2) is 11.5 Å². The summed E-state index contributed by atoms with van der Waals surface area (Å²) < 4.78 is 11.4.